The predicted molar refractivity (Wildman–Crippen MR) is 71.7 cm³/mol. The maximum absolute atomic E-state index is 7.04. The highest BCUT2D eigenvalue weighted by Gasteiger charge is 2.22. The maximum atomic E-state index is 7.04. The number of hydrogen-bond donors (Lipinski definition) is 1. The minimum Gasteiger partial charge on any atom is -0.346 e. The first-order valence-electron chi connectivity index (χ1n) is 6.35. The van der Waals surface area contributed by atoms with Crippen LogP contribution < -0.4 is 0 Å². The van der Waals surface area contributed by atoms with Crippen LogP contribution in [0.1, 0.15) is 18.9 Å². The molecule has 1 unspecified atom stereocenters. The van der Waals surface area contributed by atoms with E-state index in [-0.39, 0.29) is 0 Å². The standard InChI is InChI=1S/C14H16N4/c1-10-3-5-18(10)6-4-11-8-16-14-13(11)7-12(15-2)9-17-14/h7-10H,3-6H2,1H3,(H,16,17). The second-order valence-electron chi connectivity index (χ2n) is 4.94. The summed E-state index contributed by atoms with van der Waals surface area (Å²) in [6, 6.07) is 2.66. The number of aromatic nitrogens is 2. The number of hydrogen-bond acceptors (Lipinski definition) is 2. The Kier molecular flexibility index (Phi) is 2.77. The molecule has 1 aliphatic heterocycles. The van der Waals surface area contributed by atoms with Crippen LogP contribution in [0.25, 0.3) is 15.9 Å². The summed E-state index contributed by atoms with van der Waals surface area (Å²) < 4.78 is 0. The SMILES string of the molecule is [C-]#[N+]c1cnc2[nH]cc(CCN3CCC3C)c2c1. The Morgan fingerprint density at radius 3 is 3.17 bits per heavy atom. The van der Waals surface area contributed by atoms with Crippen molar-refractivity contribution < 1.29 is 0 Å². The zero-order chi connectivity index (χ0) is 12.5. The van der Waals surface area contributed by atoms with E-state index in [9.17, 15) is 0 Å². The van der Waals surface area contributed by atoms with E-state index in [0.717, 1.165) is 30.0 Å². The average Bonchev–Trinajstić information content (AvgIpc) is 2.79. The lowest BCUT2D eigenvalue weighted by Crippen LogP contribution is -2.46. The summed E-state index contributed by atoms with van der Waals surface area (Å²) in [7, 11) is 0. The predicted octanol–water partition coefficient (Wildman–Crippen LogP) is 2.75. The van der Waals surface area contributed by atoms with Crippen molar-refractivity contribution in [2.45, 2.75) is 25.8 Å². The summed E-state index contributed by atoms with van der Waals surface area (Å²) in [5.74, 6) is 0. The minimum absolute atomic E-state index is 0.612. The van der Waals surface area contributed by atoms with Crippen LogP contribution in [0, 0.1) is 6.57 Å². The van der Waals surface area contributed by atoms with Crippen LogP contribution in [0.2, 0.25) is 0 Å². The normalized spacial score (nSPS) is 19.7. The molecule has 2 aromatic rings. The van der Waals surface area contributed by atoms with Gasteiger partial charge in [-0.15, -0.1) is 0 Å². The minimum atomic E-state index is 0.612. The number of nitrogens with zero attached hydrogens (tertiary/aromatic N) is 3. The highest BCUT2D eigenvalue weighted by Crippen LogP contribution is 2.23. The van der Waals surface area contributed by atoms with Gasteiger partial charge in [-0.05, 0) is 37.9 Å². The third kappa shape index (κ3) is 1.87. The fourth-order valence-corrected chi connectivity index (χ4v) is 2.48. The molecule has 1 atom stereocenters. The Morgan fingerprint density at radius 2 is 2.50 bits per heavy atom. The highest BCUT2D eigenvalue weighted by atomic mass is 15.2. The van der Waals surface area contributed by atoms with E-state index in [1.54, 1.807) is 6.20 Å². The Morgan fingerprint density at radius 1 is 1.61 bits per heavy atom. The number of aromatic amines is 1. The lowest BCUT2D eigenvalue weighted by atomic mass is 10.0. The Hall–Kier alpha value is -1.86. The monoisotopic (exact) mass is 240 g/mol. The fraction of sp³-hybridized carbons (Fsp3) is 0.429. The molecule has 4 nitrogen and oxygen atoms in total. The van der Waals surface area contributed by atoms with Gasteiger partial charge in [-0.2, -0.15) is 0 Å². The van der Waals surface area contributed by atoms with E-state index in [4.69, 9.17) is 6.57 Å². The Bertz CT molecular complexity index is 608. The largest absolute Gasteiger partial charge is 0.346 e. The van der Waals surface area contributed by atoms with Gasteiger partial charge in [-0.25, -0.2) is 4.85 Å². The Balaban J connectivity index is 1.81. The molecule has 0 aliphatic carbocycles. The summed E-state index contributed by atoms with van der Waals surface area (Å²) in [6.07, 6.45) is 5.98. The summed E-state index contributed by atoms with van der Waals surface area (Å²) in [4.78, 5) is 13.4. The van der Waals surface area contributed by atoms with Crippen molar-refractivity contribution in [2.24, 2.45) is 0 Å². The lowest BCUT2D eigenvalue weighted by Gasteiger charge is -2.38. The molecule has 0 bridgehead atoms. The molecule has 0 aromatic carbocycles. The van der Waals surface area contributed by atoms with Gasteiger partial charge < -0.3 is 9.88 Å². The number of pyridine rings is 1. The van der Waals surface area contributed by atoms with Crippen molar-refractivity contribution in [2.75, 3.05) is 13.1 Å². The lowest BCUT2D eigenvalue weighted by molar-refractivity contribution is 0.107. The molecule has 18 heavy (non-hydrogen) atoms. The van der Waals surface area contributed by atoms with Crippen molar-refractivity contribution in [3.05, 3.63) is 35.4 Å². The molecule has 3 rings (SSSR count). The second kappa shape index (κ2) is 4.43. The van der Waals surface area contributed by atoms with Crippen molar-refractivity contribution in [3.8, 4) is 0 Å². The van der Waals surface area contributed by atoms with Gasteiger partial charge in [0.15, 0.2) is 0 Å². The molecule has 1 aliphatic rings. The van der Waals surface area contributed by atoms with Crippen molar-refractivity contribution >= 4 is 16.7 Å². The molecule has 1 saturated heterocycles. The van der Waals surface area contributed by atoms with Crippen molar-refractivity contribution in [1.29, 1.82) is 0 Å². The molecule has 1 N–H and O–H groups in total. The van der Waals surface area contributed by atoms with Crippen LogP contribution in [0.4, 0.5) is 5.69 Å². The van der Waals surface area contributed by atoms with Gasteiger partial charge >= 0.3 is 0 Å². The first-order chi connectivity index (χ1) is 8.78. The third-order valence-electron chi connectivity index (χ3n) is 3.86. The molecular weight excluding hydrogens is 224 g/mol. The number of H-pyrrole nitrogens is 1. The summed E-state index contributed by atoms with van der Waals surface area (Å²) in [5.41, 5.74) is 2.76. The molecule has 0 saturated carbocycles. The molecule has 4 heteroatoms. The van der Waals surface area contributed by atoms with Crippen molar-refractivity contribution in [3.63, 3.8) is 0 Å². The van der Waals surface area contributed by atoms with Gasteiger partial charge in [0.25, 0.3) is 0 Å². The van der Waals surface area contributed by atoms with Gasteiger partial charge in [-0.1, -0.05) is 0 Å². The maximum Gasteiger partial charge on any atom is 0.205 e. The van der Waals surface area contributed by atoms with E-state index in [2.05, 4.69) is 26.6 Å². The molecule has 3 heterocycles. The first-order valence-corrected chi connectivity index (χ1v) is 6.35. The molecule has 0 amide bonds. The van der Waals surface area contributed by atoms with Crippen molar-refractivity contribution in [1.82, 2.24) is 14.9 Å². The van der Waals surface area contributed by atoms with E-state index in [1.165, 1.54) is 18.5 Å². The van der Waals surface area contributed by atoms with Crippen LogP contribution in [0.5, 0.6) is 0 Å². The number of fused-ring (bicyclic) bond motifs is 1. The van der Waals surface area contributed by atoms with Crippen LogP contribution >= 0.6 is 0 Å². The second-order valence-corrected chi connectivity index (χ2v) is 4.94. The summed E-state index contributed by atoms with van der Waals surface area (Å²) >= 11 is 0. The van der Waals surface area contributed by atoms with Gasteiger partial charge in [0.2, 0.25) is 5.69 Å². The smallest absolute Gasteiger partial charge is 0.205 e. The van der Waals surface area contributed by atoms with Crippen LogP contribution in [0.15, 0.2) is 18.5 Å². The van der Waals surface area contributed by atoms with Crippen LogP contribution in [-0.4, -0.2) is 34.0 Å². The summed E-state index contributed by atoms with van der Waals surface area (Å²) in [6.45, 7) is 11.6. The molecular formula is C14H16N4. The zero-order valence-electron chi connectivity index (χ0n) is 10.5. The van der Waals surface area contributed by atoms with Crippen LogP contribution in [0.3, 0.4) is 0 Å². The van der Waals surface area contributed by atoms with Crippen LogP contribution in [-0.2, 0) is 6.42 Å². The van der Waals surface area contributed by atoms with Gasteiger partial charge in [-0.3, -0.25) is 4.98 Å². The van der Waals surface area contributed by atoms with Gasteiger partial charge in [0, 0.05) is 30.4 Å². The average molecular weight is 240 g/mol. The number of rotatable bonds is 3. The highest BCUT2D eigenvalue weighted by molar-refractivity contribution is 5.83. The zero-order valence-corrected chi connectivity index (χ0v) is 10.5. The summed E-state index contributed by atoms with van der Waals surface area (Å²) in [5, 5.41) is 1.09. The van der Waals surface area contributed by atoms with Gasteiger partial charge in [0.05, 0.1) is 6.57 Å². The quantitative estimate of drug-likeness (QED) is 0.837. The number of likely N-dealkylation sites (tertiary alicyclic amines) is 1. The molecule has 2 aromatic heterocycles. The van der Waals surface area contributed by atoms with E-state index in [0.29, 0.717) is 5.69 Å². The van der Waals surface area contributed by atoms with E-state index >= 15 is 0 Å². The van der Waals surface area contributed by atoms with Gasteiger partial charge in [0.1, 0.15) is 5.65 Å². The fourth-order valence-electron chi connectivity index (χ4n) is 2.48. The molecule has 1 fully saturated rings. The Labute approximate surface area is 106 Å². The first kappa shape index (κ1) is 11.2. The van der Waals surface area contributed by atoms with E-state index in [1.807, 2.05) is 12.3 Å². The molecule has 0 radical (unpaired) electrons. The molecule has 0 spiro atoms. The molecule has 92 valence electrons. The topological polar surface area (TPSA) is 36.3 Å². The van der Waals surface area contributed by atoms with E-state index < -0.39 is 0 Å². The number of nitrogens with one attached hydrogen (secondary N) is 1. The third-order valence-corrected chi connectivity index (χ3v) is 3.86.